The Hall–Kier alpha value is -3.93. The van der Waals surface area contributed by atoms with Crippen molar-refractivity contribution in [3.8, 4) is 11.4 Å². The number of benzene rings is 3. The first-order valence-electron chi connectivity index (χ1n) is 9.82. The highest BCUT2D eigenvalue weighted by Crippen LogP contribution is 2.24. The summed E-state index contributed by atoms with van der Waals surface area (Å²) in [6.45, 7) is 0.436. The molecule has 0 spiro atoms. The summed E-state index contributed by atoms with van der Waals surface area (Å²) in [6.07, 6.45) is 0. The van der Waals surface area contributed by atoms with Crippen LogP contribution < -0.4 is 10.5 Å². The monoisotopic (exact) mass is 395 g/mol. The quantitative estimate of drug-likeness (QED) is 0.464. The smallest absolute Gasteiger partial charge is 0.263 e. The molecule has 5 aromatic rings. The average molecular weight is 395 g/mol. The molecule has 0 amide bonds. The first-order chi connectivity index (χ1) is 14.6. The standard InChI is InChI=1S/C24H21N5O/c1-27(2)19-14-12-18(13-15-19)22-25-26-24-28(16-17-8-4-3-5-9-17)23(30)20-10-6-7-11-21(20)29(22)24/h3-15H,16H2,1-2H3. The lowest BCUT2D eigenvalue weighted by Gasteiger charge is -2.13. The molecule has 0 bridgehead atoms. The summed E-state index contributed by atoms with van der Waals surface area (Å²) >= 11 is 0. The Morgan fingerprint density at radius 2 is 1.53 bits per heavy atom. The number of aromatic nitrogens is 4. The van der Waals surface area contributed by atoms with Gasteiger partial charge < -0.3 is 4.90 Å². The van der Waals surface area contributed by atoms with Gasteiger partial charge in [0.1, 0.15) is 0 Å². The predicted molar refractivity (Wildman–Crippen MR) is 120 cm³/mol. The molecule has 0 fully saturated rings. The van der Waals surface area contributed by atoms with Crippen molar-refractivity contribution in [2.75, 3.05) is 19.0 Å². The highest BCUT2D eigenvalue weighted by atomic mass is 16.1. The zero-order chi connectivity index (χ0) is 20.7. The molecule has 0 aliphatic heterocycles. The van der Waals surface area contributed by atoms with Gasteiger partial charge in [0, 0.05) is 25.3 Å². The Morgan fingerprint density at radius 3 is 2.27 bits per heavy atom. The fraction of sp³-hybridized carbons (Fsp3) is 0.125. The lowest BCUT2D eigenvalue weighted by Crippen LogP contribution is -2.24. The van der Waals surface area contributed by atoms with Crippen molar-refractivity contribution < 1.29 is 0 Å². The van der Waals surface area contributed by atoms with Crippen molar-refractivity contribution in [3.05, 3.63) is 94.8 Å². The molecule has 6 nitrogen and oxygen atoms in total. The van der Waals surface area contributed by atoms with Crippen LogP contribution in [0.1, 0.15) is 5.56 Å². The van der Waals surface area contributed by atoms with E-state index in [0.29, 0.717) is 23.5 Å². The maximum atomic E-state index is 13.3. The highest BCUT2D eigenvalue weighted by molar-refractivity contribution is 5.82. The molecule has 2 heterocycles. The maximum absolute atomic E-state index is 13.3. The largest absolute Gasteiger partial charge is 0.378 e. The number of hydrogen-bond donors (Lipinski definition) is 0. The fourth-order valence-electron chi connectivity index (χ4n) is 3.76. The molecular formula is C24H21N5O. The third-order valence-corrected chi connectivity index (χ3v) is 5.33. The van der Waals surface area contributed by atoms with Crippen molar-refractivity contribution in [2.45, 2.75) is 6.54 Å². The average Bonchev–Trinajstić information content (AvgIpc) is 3.22. The third kappa shape index (κ3) is 2.93. The normalized spacial score (nSPS) is 11.3. The lowest BCUT2D eigenvalue weighted by atomic mass is 10.1. The van der Waals surface area contributed by atoms with E-state index in [1.165, 1.54) is 0 Å². The maximum Gasteiger partial charge on any atom is 0.263 e. The summed E-state index contributed by atoms with van der Waals surface area (Å²) in [7, 11) is 4.02. The molecule has 0 atom stereocenters. The first-order valence-corrected chi connectivity index (χ1v) is 9.82. The SMILES string of the molecule is CN(C)c1ccc(-c2nnc3n(Cc4ccccc4)c(=O)c4ccccc4n23)cc1. The second kappa shape index (κ2) is 7.15. The van der Waals surface area contributed by atoms with Crippen LogP contribution in [0.2, 0.25) is 0 Å². The molecule has 0 saturated heterocycles. The molecule has 6 heteroatoms. The van der Waals surface area contributed by atoms with E-state index in [1.54, 1.807) is 4.57 Å². The van der Waals surface area contributed by atoms with E-state index in [9.17, 15) is 4.79 Å². The molecule has 0 radical (unpaired) electrons. The Kier molecular flexibility index (Phi) is 4.32. The van der Waals surface area contributed by atoms with Crippen LogP contribution in [0.15, 0.2) is 83.7 Å². The highest BCUT2D eigenvalue weighted by Gasteiger charge is 2.17. The van der Waals surface area contributed by atoms with E-state index in [4.69, 9.17) is 0 Å². The van der Waals surface area contributed by atoms with Crippen molar-refractivity contribution in [3.63, 3.8) is 0 Å². The molecule has 2 aromatic heterocycles. The van der Waals surface area contributed by atoms with E-state index in [-0.39, 0.29) is 5.56 Å². The lowest BCUT2D eigenvalue weighted by molar-refractivity contribution is 0.767. The minimum atomic E-state index is -0.0659. The predicted octanol–water partition coefficient (Wildman–Crippen LogP) is 3.83. The molecule has 148 valence electrons. The summed E-state index contributed by atoms with van der Waals surface area (Å²) in [5.74, 6) is 1.25. The van der Waals surface area contributed by atoms with Gasteiger partial charge in [-0.2, -0.15) is 0 Å². The molecule has 0 aliphatic carbocycles. The van der Waals surface area contributed by atoms with Gasteiger partial charge >= 0.3 is 0 Å². The second-order valence-corrected chi connectivity index (χ2v) is 7.49. The molecule has 0 aliphatic rings. The van der Waals surface area contributed by atoms with Crippen LogP contribution in [0.3, 0.4) is 0 Å². The van der Waals surface area contributed by atoms with Crippen molar-refractivity contribution >= 4 is 22.4 Å². The molecule has 0 unspecified atom stereocenters. The van der Waals surface area contributed by atoms with Crippen LogP contribution in [0.5, 0.6) is 0 Å². The minimum absolute atomic E-state index is 0.0659. The van der Waals surface area contributed by atoms with Crippen molar-refractivity contribution in [1.29, 1.82) is 0 Å². The molecule has 5 rings (SSSR count). The number of hydrogen-bond acceptors (Lipinski definition) is 4. The summed E-state index contributed by atoms with van der Waals surface area (Å²) in [4.78, 5) is 15.3. The van der Waals surface area contributed by atoms with Crippen molar-refractivity contribution in [2.24, 2.45) is 0 Å². The van der Waals surface area contributed by atoms with Gasteiger partial charge in [-0.3, -0.25) is 13.8 Å². The molecule has 3 aromatic carbocycles. The Balaban J connectivity index is 1.78. The Labute approximate surface area is 173 Å². The van der Waals surface area contributed by atoms with Gasteiger partial charge in [0.15, 0.2) is 5.82 Å². The van der Waals surface area contributed by atoms with Crippen LogP contribution in [0.4, 0.5) is 5.69 Å². The molecule has 30 heavy (non-hydrogen) atoms. The van der Waals surface area contributed by atoms with Crippen LogP contribution in [-0.2, 0) is 6.54 Å². The fourth-order valence-corrected chi connectivity index (χ4v) is 3.76. The van der Waals surface area contributed by atoms with Crippen LogP contribution in [0.25, 0.3) is 28.1 Å². The Bertz CT molecular complexity index is 1400. The summed E-state index contributed by atoms with van der Waals surface area (Å²) in [5, 5.41) is 9.54. The summed E-state index contributed by atoms with van der Waals surface area (Å²) < 4.78 is 3.67. The zero-order valence-electron chi connectivity index (χ0n) is 16.9. The van der Waals surface area contributed by atoms with Gasteiger partial charge in [0.2, 0.25) is 5.78 Å². The van der Waals surface area contributed by atoms with Crippen molar-refractivity contribution in [1.82, 2.24) is 19.2 Å². The minimum Gasteiger partial charge on any atom is -0.378 e. The first kappa shape index (κ1) is 18.1. The number of para-hydroxylation sites is 1. The van der Waals surface area contributed by atoms with E-state index in [0.717, 1.165) is 22.3 Å². The Morgan fingerprint density at radius 1 is 0.833 bits per heavy atom. The van der Waals surface area contributed by atoms with Crippen LogP contribution in [0, 0.1) is 0 Å². The van der Waals surface area contributed by atoms with Crippen LogP contribution in [-0.4, -0.2) is 33.3 Å². The van der Waals surface area contributed by atoms with Gasteiger partial charge in [-0.1, -0.05) is 42.5 Å². The van der Waals surface area contributed by atoms with E-state index < -0.39 is 0 Å². The third-order valence-electron chi connectivity index (χ3n) is 5.33. The summed E-state index contributed by atoms with van der Waals surface area (Å²) in [5.41, 5.74) is 3.83. The number of anilines is 1. The zero-order valence-corrected chi connectivity index (χ0v) is 16.9. The number of rotatable bonds is 4. The van der Waals surface area contributed by atoms with Gasteiger partial charge in [-0.15, -0.1) is 10.2 Å². The summed E-state index contributed by atoms with van der Waals surface area (Å²) in [6, 6.07) is 25.7. The second-order valence-electron chi connectivity index (χ2n) is 7.49. The van der Waals surface area contributed by atoms with Crippen LogP contribution >= 0.6 is 0 Å². The van der Waals surface area contributed by atoms with Gasteiger partial charge in [0.05, 0.1) is 17.4 Å². The topological polar surface area (TPSA) is 55.4 Å². The van der Waals surface area contributed by atoms with E-state index >= 15 is 0 Å². The molecule has 0 saturated carbocycles. The van der Waals surface area contributed by atoms with E-state index in [2.05, 4.69) is 27.2 Å². The number of fused-ring (bicyclic) bond motifs is 3. The van der Waals surface area contributed by atoms with Gasteiger partial charge in [0.25, 0.3) is 5.56 Å². The number of nitrogens with zero attached hydrogens (tertiary/aromatic N) is 5. The van der Waals surface area contributed by atoms with Gasteiger partial charge in [-0.25, -0.2) is 0 Å². The van der Waals surface area contributed by atoms with E-state index in [1.807, 2.05) is 85.2 Å². The molecular weight excluding hydrogens is 374 g/mol. The molecule has 0 N–H and O–H groups in total. The van der Waals surface area contributed by atoms with Gasteiger partial charge in [-0.05, 0) is 42.0 Å².